The number of fused-ring (bicyclic) bond motifs is 5. The highest BCUT2D eigenvalue weighted by atomic mass is 32.1. The lowest BCUT2D eigenvalue weighted by Crippen LogP contribution is -2.00. The second-order valence-electron chi connectivity index (χ2n) is 12.2. The van der Waals surface area contributed by atoms with Crippen LogP contribution in [0.15, 0.2) is 162 Å². The summed E-state index contributed by atoms with van der Waals surface area (Å²) in [5.41, 5.74) is 8.80. The smallest absolute Gasteiger partial charge is 0.164 e. The number of furan rings is 1. The van der Waals surface area contributed by atoms with Crippen molar-refractivity contribution in [2.45, 2.75) is 0 Å². The van der Waals surface area contributed by atoms with Crippen LogP contribution in [0.2, 0.25) is 0 Å². The molecule has 0 radical (unpaired) electrons. The summed E-state index contributed by atoms with van der Waals surface area (Å²) in [6, 6.07) is 53.9. The molecule has 6 heteroatoms. The van der Waals surface area contributed by atoms with Crippen LogP contribution in [0.4, 0.5) is 0 Å². The minimum Gasteiger partial charge on any atom is -0.456 e. The van der Waals surface area contributed by atoms with E-state index in [1.54, 1.807) is 11.3 Å². The third-order valence-electron chi connectivity index (χ3n) is 9.15. The molecule has 0 aliphatic rings. The Morgan fingerprint density at radius 3 is 1.80 bits per heavy atom. The third-order valence-corrected chi connectivity index (χ3v) is 10.3. The first-order valence-corrected chi connectivity index (χ1v) is 17.3. The number of rotatable bonds is 5. The molecule has 10 rings (SSSR count). The van der Waals surface area contributed by atoms with E-state index in [9.17, 15) is 0 Å². The van der Waals surface area contributed by atoms with Gasteiger partial charge in [0.2, 0.25) is 0 Å². The molecule has 0 N–H and O–H groups in total. The molecule has 0 aliphatic carbocycles. The predicted octanol–water partition coefficient (Wildman–Crippen LogP) is 11.9. The van der Waals surface area contributed by atoms with Crippen molar-refractivity contribution < 1.29 is 4.42 Å². The lowest BCUT2D eigenvalue weighted by Gasteiger charge is -2.12. The molecule has 7 aromatic carbocycles. The van der Waals surface area contributed by atoms with Gasteiger partial charge in [-0.05, 0) is 28.5 Å². The second-order valence-corrected chi connectivity index (χ2v) is 13.2. The maximum absolute atomic E-state index is 6.44. The van der Waals surface area contributed by atoms with Crippen molar-refractivity contribution >= 4 is 54.3 Å². The average molecular weight is 659 g/mol. The highest BCUT2D eigenvalue weighted by Crippen LogP contribution is 2.46. The first kappa shape index (κ1) is 28.5. The van der Waals surface area contributed by atoms with Crippen molar-refractivity contribution in [1.29, 1.82) is 0 Å². The Morgan fingerprint density at radius 2 is 1.08 bits per heavy atom. The van der Waals surface area contributed by atoms with Gasteiger partial charge in [0.15, 0.2) is 17.5 Å². The molecule has 3 heterocycles. The first-order chi connectivity index (χ1) is 24.8. The minimum atomic E-state index is 0.635. The number of hydrogen-bond donors (Lipinski definition) is 0. The summed E-state index contributed by atoms with van der Waals surface area (Å²) in [6.07, 6.45) is 0. The first-order valence-electron chi connectivity index (χ1n) is 16.5. The molecule has 3 aromatic heterocycles. The monoisotopic (exact) mass is 658 g/mol. The zero-order valence-electron chi connectivity index (χ0n) is 26.6. The van der Waals surface area contributed by atoms with Gasteiger partial charge < -0.3 is 4.42 Å². The molecule has 0 saturated heterocycles. The fraction of sp³-hybridized carbons (Fsp3) is 0. The molecule has 0 spiro atoms. The number of benzene rings is 7. The molecular weight excluding hydrogens is 633 g/mol. The van der Waals surface area contributed by atoms with Gasteiger partial charge in [0, 0.05) is 44.7 Å². The molecular formula is C44H26N4OS. The molecule has 0 aliphatic heterocycles. The van der Waals surface area contributed by atoms with E-state index in [-0.39, 0.29) is 0 Å². The van der Waals surface area contributed by atoms with Crippen molar-refractivity contribution in [3.63, 3.8) is 0 Å². The van der Waals surface area contributed by atoms with Crippen LogP contribution in [0.1, 0.15) is 0 Å². The summed E-state index contributed by atoms with van der Waals surface area (Å²) in [7, 11) is 0. The SMILES string of the molecule is c1ccc(-c2nc(-c3ccccc3)nc(-c3cccc4cc(-c5c6sc(-c7ccccc7)nc6cc6oc7ccccc7c56)ccc34)n2)cc1. The number of nitrogens with zero attached hydrogens (tertiary/aromatic N) is 4. The normalized spacial score (nSPS) is 11.6. The van der Waals surface area contributed by atoms with Gasteiger partial charge in [0.05, 0.1) is 10.2 Å². The quantitative estimate of drug-likeness (QED) is 0.184. The maximum atomic E-state index is 6.44. The summed E-state index contributed by atoms with van der Waals surface area (Å²) in [6.45, 7) is 0. The summed E-state index contributed by atoms with van der Waals surface area (Å²) in [5.74, 6) is 1.92. The van der Waals surface area contributed by atoms with Crippen LogP contribution in [0.25, 0.3) is 98.8 Å². The van der Waals surface area contributed by atoms with Crippen LogP contribution < -0.4 is 0 Å². The summed E-state index contributed by atoms with van der Waals surface area (Å²) in [4.78, 5) is 20.1. The second kappa shape index (κ2) is 11.6. The van der Waals surface area contributed by atoms with Crippen LogP contribution >= 0.6 is 11.3 Å². The number of thiazole rings is 1. The lowest BCUT2D eigenvalue weighted by atomic mass is 9.95. The molecule has 0 bridgehead atoms. The van der Waals surface area contributed by atoms with Crippen LogP contribution in [0.5, 0.6) is 0 Å². The lowest BCUT2D eigenvalue weighted by molar-refractivity contribution is 0.669. The van der Waals surface area contributed by atoms with Crippen molar-refractivity contribution in [1.82, 2.24) is 19.9 Å². The fourth-order valence-corrected chi connectivity index (χ4v) is 7.94. The minimum absolute atomic E-state index is 0.635. The zero-order chi connectivity index (χ0) is 33.0. The maximum Gasteiger partial charge on any atom is 0.164 e. The van der Waals surface area contributed by atoms with E-state index in [0.29, 0.717) is 17.5 Å². The van der Waals surface area contributed by atoms with Gasteiger partial charge in [-0.15, -0.1) is 11.3 Å². The topological polar surface area (TPSA) is 64.7 Å². The highest BCUT2D eigenvalue weighted by molar-refractivity contribution is 7.22. The van der Waals surface area contributed by atoms with Gasteiger partial charge in [-0.3, -0.25) is 0 Å². The molecule has 0 unspecified atom stereocenters. The van der Waals surface area contributed by atoms with Crippen molar-refractivity contribution in [2.75, 3.05) is 0 Å². The van der Waals surface area contributed by atoms with Gasteiger partial charge in [-0.2, -0.15) is 0 Å². The molecule has 0 amide bonds. The van der Waals surface area contributed by atoms with E-state index >= 15 is 0 Å². The van der Waals surface area contributed by atoms with Gasteiger partial charge in [0.25, 0.3) is 0 Å². The standard InChI is InChI=1S/C44H26N4OS/c1-4-13-27(14-5-1)41-46-42(28-15-6-2-7-16-28)48-43(47-41)33-21-12-19-30-25-31(23-24-32(30)33)38-39-34-20-10-11-22-36(34)49-37(39)26-35-40(38)50-44(45-35)29-17-8-3-9-18-29/h1-26H. The predicted molar refractivity (Wildman–Crippen MR) is 205 cm³/mol. The van der Waals surface area contributed by atoms with E-state index in [0.717, 1.165) is 81.3 Å². The third kappa shape index (κ3) is 4.77. The molecule has 10 aromatic rings. The van der Waals surface area contributed by atoms with E-state index in [4.69, 9.17) is 24.4 Å². The number of aromatic nitrogens is 4. The molecule has 5 nitrogen and oxygen atoms in total. The van der Waals surface area contributed by atoms with Crippen LogP contribution in [-0.2, 0) is 0 Å². The van der Waals surface area contributed by atoms with Gasteiger partial charge in [-0.1, -0.05) is 140 Å². The summed E-state index contributed by atoms with van der Waals surface area (Å²) in [5, 5.41) is 5.34. The van der Waals surface area contributed by atoms with E-state index < -0.39 is 0 Å². The largest absolute Gasteiger partial charge is 0.456 e. The summed E-state index contributed by atoms with van der Waals surface area (Å²) >= 11 is 1.72. The van der Waals surface area contributed by atoms with Crippen LogP contribution in [-0.4, -0.2) is 19.9 Å². The van der Waals surface area contributed by atoms with Gasteiger partial charge >= 0.3 is 0 Å². The Balaban J connectivity index is 1.19. The molecule has 0 saturated carbocycles. The van der Waals surface area contributed by atoms with E-state index in [1.807, 2.05) is 78.9 Å². The van der Waals surface area contributed by atoms with Crippen molar-refractivity contribution in [2.24, 2.45) is 0 Å². The van der Waals surface area contributed by atoms with Gasteiger partial charge in [-0.25, -0.2) is 19.9 Å². The van der Waals surface area contributed by atoms with Crippen molar-refractivity contribution in [3.8, 4) is 55.9 Å². The molecule has 50 heavy (non-hydrogen) atoms. The Hall–Kier alpha value is -6.50. The van der Waals surface area contributed by atoms with E-state index in [2.05, 4.69) is 78.9 Å². The highest BCUT2D eigenvalue weighted by Gasteiger charge is 2.21. The molecule has 0 atom stereocenters. The Kier molecular flexibility index (Phi) is 6.60. The van der Waals surface area contributed by atoms with E-state index in [1.165, 1.54) is 0 Å². The zero-order valence-corrected chi connectivity index (χ0v) is 27.4. The van der Waals surface area contributed by atoms with Crippen molar-refractivity contribution in [3.05, 3.63) is 158 Å². The van der Waals surface area contributed by atoms with Crippen LogP contribution in [0.3, 0.4) is 0 Å². The molecule has 0 fully saturated rings. The molecule has 234 valence electrons. The Morgan fingerprint density at radius 1 is 0.440 bits per heavy atom. The summed E-state index contributed by atoms with van der Waals surface area (Å²) < 4.78 is 7.57. The Labute approximate surface area is 291 Å². The Bertz CT molecular complexity index is 2810. The fourth-order valence-electron chi connectivity index (χ4n) is 6.81. The average Bonchev–Trinajstić information content (AvgIpc) is 3.79. The van der Waals surface area contributed by atoms with Crippen LogP contribution in [0, 0.1) is 0 Å². The number of hydrogen-bond acceptors (Lipinski definition) is 6. The number of para-hydroxylation sites is 1. The van der Waals surface area contributed by atoms with Gasteiger partial charge in [0.1, 0.15) is 16.2 Å².